The molecule has 1 saturated heterocycles. The number of ether oxygens (including phenoxy) is 3. The van der Waals surface area contributed by atoms with E-state index in [1.165, 1.54) is 21.1 Å². The summed E-state index contributed by atoms with van der Waals surface area (Å²) in [7, 11) is 0. The lowest BCUT2D eigenvalue weighted by Gasteiger charge is -2.33. The van der Waals surface area contributed by atoms with Crippen LogP contribution in [0.2, 0.25) is 0 Å². The molecule has 2 atom stereocenters. The van der Waals surface area contributed by atoms with Crippen molar-refractivity contribution in [3.05, 3.63) is 103 Å². The van der Waals surface area contributed by atoms with Crippen molar-refractivity contribution in [3.63, 3.8) is 0 Å². The Bertz CT molecular complexity index is 1680. The van der Waals surface area contributed by atoms with Crippen molar-refractivity contribution in [2.45, 2.75) is 78.2 Å². The van der Waals surface area contributed by atoms with Crippen molar-refractivity contribution >= 4 is 11.3 Å². The maximum Gasteiger partial charge on any atom is 0.310 e. The summed E-state index contributed by atoms with van der Waals surface area (Å²) in [5, 5.41) is 11.4. The quantitative estimate of drug-likeness (QED) is 0.208. The molecule has 6 rings (SSSR count). The van der Waals surface area contributed by atoms with Crippen LogP contribution in [0.5, 0.6) is 23.1 Å². The van der Waals surface area contributed by atoms with Gasteiger partial charge < -0.3 is 19.3 Å². The monoisotopic (exact) mass is 614 g/mol. The Kier molecular flexibility index (Phi) is 8.49. The minimum absolute atomic E-state index is 0.00321. The summed E-state index contributed by atoms with van der Waals surface area (Å²) >= 11 is 1.00. The van der Waals surface area contributed by atoms with E-state index in [9.17, 15) is 9.90 Å². The number of likely N-dealkylation sites (tertiary alicyclic amines) is 1. The zero-order chi connectivity index (χ0) is 31.0. The van der Waals surface area contributed by atoms with Gasteiger partial charge in [0.25, 0.3) is 0 Å². The van der Waals surface area contributed by atoms with Crippen LogP contribution >= 0.6 is 11.3 Å². The summed E-state index contributed by atoms with van der Waals surface area (Å²) in [6.07, 6.45) is 2.24. The lowest BCUT2D eigenvalue weighted by Crippen LogP contribution is -2.42. The standard InChI is InChI=1S/C36H42N2O5S/c1-23-24(2)34-32(25(3)33(23)42-20-27-10-7-6-8-11-27)30(36(4,5)43-34)19-37-17-9-12-28(37)21-41-29-15-13-26(14-16-29)18-38-31(39)22-44-35(38)40/h6-8,10-11,13-16,22,28,30,39H,9,12,17-21H2,1-5H3/t28-,30?/m0/s1. The van der Waals surface area contributed by atoms with E-state index in [0.29, 0.717) is 25.8 Å². The second kappa shape index (κ2) is 12.3. The molecule has 8 heteroatoms. The van der Waals surface area contributed by atoms with Crippen molar-refractivity contribution < 1.29 is 19.3 Å². The van der Waals surface area contributed by atoms with Gasteiger partial charge in [-0.3, -0.25) is 14.3 Å². The molecule has 2 aliphatic rings. The molecule has 0 aliphatic carbocycles. The molecule has 1 aromatic heterocycles. The number of hydrogen-bond donors (Lipinski definition) is 1. The fourth-order valence-corrected chi connectivity index (χ4v) is 7.32. The number of aromatic hydroxyl groups is 1. The average Bonchev–Trinajstić information content (AvgIpc) is 3.68. The average molecular weight is 615 g/mol. The van der Waals surface area contributed by atoms with Gasteiger partial charge in [0, 0.05) is 24.1 Å². The lowest BCUT2D eigenvalue weighted by atomic mass is 9.82. The second-order valence-electron chi connectivity index (χ2n) is 12.7. The largest absolute Gasteiger partial charge is 0.494 e. The molecule has 7 nitrogen and oxygen atoms in total. The van der Waals surface area contributed by atoms with E-state index in [1.54, 1.807) is 0 Å². The molecular weight excluding hydrogens is 572 g/mol. The fraction of sp³-hybridized carbons (Fsp3) is 0.417. The predicted octanol–water partition coefficient (Wildman–Crippen LogP) is 6.97. The molecule has 0 spiro atoms. The van der Waals surface area contributed by atoms with E-state index in [-0.39, 0.29) is 22.3 Å². The van der Waals surface area contributed by atoms with Crippen molar-refractivity contribution in [1.82, 2.24) is 9.47 Å². The van der Waals surface area contributed by atoms with Gasteiger partial charge in [-0.15, -0.1) is 0 Å². The van der Waals surface area contributed by atoms with Crippen molar-refractivity contribution in [1.29, 1.82) is 0 Å². The molecule has 1 N–H and O–H groups in total. The van der Waals surface area contributed by atoms with E-state index >= 15 is 0 Å². The third kappa shape index (κ3) is 5.97. The van der Waals surface area contributed by atoms with E-state index in [1.807, 2.05) is 42.5 Å². The van der Waals surface area contributed by atoms with Gasteiger partial charge in [-0.2, -0.15) is 0 Å². The van der Waals surface area contributed by atoms with Gasteiger partial charge in [0.1, 0.15) is 36.1 Å². The minimum atomic E-state index is -0.342. The first-order valence-corrected chi connectivity index (χ1v) is 16.3. The summed E-state index contributed by atoms with van der Waals surface area (Å²) in [6, 6.07) is 18.4. The SMILES string of the molecule is Cc1c(C)c2c(c(C)c1OCc1ccccc1)C(CN1CCC[C@H]1COc1ccc(Cn3c(O)csc3=O)cc1)C(C)(C)O2. The second-order valence-corrected chi connectivity index (χ2v) is 13.5. The number of aromatic nitrogens is 1. The third-order valence-corrected chi connectivity index (χ3v) is 10.1. The molecule has 4 aromatic rings. The van der Waals surface area contributed by atoms with Crippen LogP contribution in [0.4, 0.5) is 0 Å². The highest BCUT2D eigenvalue weighted by molar-refractivity contribution is 7.07. The van der Waals surface area contributed by atoms with Crippen LogP contribution in [-0.2, 0) is 13.2 Å². The summed E-state index contributed by atoms with van der Waals surface area (Å²) in [4.78, 5) is 14.4. The van der Waals surface area contributed by atoms with Gasteiger partial charge in [-0.05, 0) is 94.0 Å². The highest BCUT2D eigenvalue weighted by Crippen LogP contribution is 2.52. The Hall–Kier alpha value is -3.75. The molecule has 44 heavy (non-hydrogen) atoms. The smallest absolute Gasteiger partial charge is 0.310 e. The first-order chi connectivity index (χ1) is 21.1. The highest BCUT2D eigenvalue weighted by atomic mass is 32.1. The minimum Gasteiger partial charge on any atom is -0.494 e. The number of hydrogen-bond acceptors (Lipinski definition) is 7. The number of fused-ring (bicyclic) bond motifs is 1. The maximum absolute atomic E-state index is 12.0. The number of rotatable bonds is 10. The Labute approximate surface area is 263 Å². The summed E-state index contributed by atoms with van der Waals surface area (Å²) in [5.74, 6) is 3.00. The Balaban J connectivity index is 1.15. The van der Waals surface area contributed by atoms with Crippen molar-refractivity contribution in [3.8, 4) is 23.1 Å². The predicted molar refractivity (Wildman–Crippen MR) is 175 cm³/mol. The van der Waals surface area contributed by atoms with Gasteiger partial charge in [0.05, 0.1) is 11.9 Å². The molecule has 3 heterocycles. The van der Waals surface area contributed by atoms with Gasteiger partial charge >= 0.3 is 4.87 Å². The molecule has 0 amide bonds. The molecule has 0 radical (unpaired) electrons. The van der Waals surface area contributed by atoms with E-state index in [4.69, 9.17) is 14.2 Å². The molecule has 0 bridgehead atoms. The molecule has 2 aliphatic heterocycles. The molecule has 1 fully saturated rings. The summed E-state index contributed by atoms with van der Waals surface area (Å²) < 4.78 is 20.8. The van der Waals surface area contributed by atoms with Crippen LogP contribution in [0.3, 0.4) is 0 Å². The van der Waals surface area contributed by atoms with Gasteiger partial charge in [-0.25, -0.2) is 0 Å². The van der Waals surface area contributed by atoms with Crippen LogP contribution in [0.25, 0.3) is 0 Å². The first kappa shape index (κ1) is 30.3. The van der Waals surface area contributed by atoms with Gasteiger partial charge in [0.2, 0.25) is 5.88 Å². The molecule has 232 valence electrons. The molecule has 3 aromatic carbocycles. The Morgan fingerprint density at radius 2 is 1.73 bits per heavy atom. The molecule has 0 saturated carbocycles. The number of benzene rings is 3. The van der Waals surface area contributed by atoms with E-state index in [0.717, 1.165) is 76.8 Å². The number of nitrogens with zero attached hydrogens (tertiary/aromatic N) is 2. The zero-order valence-corrected chi connectivity index (χ0v) is 27.1. The lowest BCUT2D eigenvalue weighted by molar-refractivity contribution is 0.0791. The summed E-state index contributed by atoms with van der Waals surface area (Å²) in [5.41, 5.74) is 6.51. The fourth-order valence-electron chi connectivity index (χ4n) is 6.70. The first-order valence-electron chi connectivity index (χ1n) is 15.4. The van der Waals surface area contributed by atoms with Crippen LogP contribution in [0.15, 0.2) is 64.8 Å². The third-order valence-electron chi connectivity index (χ3n) is 9.40. The van der Waals surface area contributed by atoms with E-state index < -0.39 is 0 Å². The van der Waals surface area contributed by atoms with Crippen molar-refractivity contribution in [2.24, 2.45) is 0 Å². The van der Waals surface area contributed by atoms with Gasteiger partial charge in [0.15, 0.2) is 0 Å². The van der Waals surface area contributed by atoms with Crippen LogP contribution in [0.1, 0.15) is 66.0 Å². The Morgan fingerprint density at radius 1 is 0.977 bits per heavy atom. The summed E-state index contributed by atoms with van der Waals surface area (Å²) in [6.45, 7) is 14.3. The zero-order valence-electron chi connectivity index (χ0n) is 26.3. The Morgan fingerprint density at radius 3 is 2.43 bits per heavy atom. The maximum atomic E-state index is 12.0. The van der Waals surface area contributed by atoms with Crippen molar-refractivity contribution in [2.75, 3.05) is 19.7 Å². The topological polar surface area (TPSA) is 73.2 Å². The van der Waals surface area contributed by atoms with Crippen LogP contribution in [-0.4, -0.2) is 45.9 Å². The highest BCUT2D eigenvalue weighted by Gasteiger charge is 2.46. The normalized spacial score (nSPS) is 19.1. The van der Waals surface area contributed by atoms with Crippen LogP contribution < -0.4 is 19.1 Å². The van der Waals surface area contributed by atoms with Crippen LogP contribution in [0, 0.1) is 20.8 Å². The molecule has 1 unspecified atom stereocenters. The number of thiazole rings is 1. The van der Waals surface area contributed by atoms with Gasteiger partial charge in [-0.1, -0.05) is 53.8 Å². The van der Waals surface area contributed by atoms with E-state index in [2.05, 4.69) is 51.7 Å². The molecular formula is C36H42N2O5S.